The van der Waals surface area contributed by atoms with Gasteiger partial charge in [-0.05, 0) is 29.0 Å². The van der Waals surface area contributed by atoms with Crippen LogP contribution in [0.1, 0.15) is 20.8 Å². The summed E-state index contributed by atoms with van der Waals surface area (Å²) >= 11 is 2.93. The Hall–Kier alpha value is -2.68. The molecule has 146 valence electrons. The number of anilines is 1. The van der Waals surface area contributed by atoms with Crippen molar-refractivity contribution in [3.8, 4) is 5.75 Å². The first-order valence-corrected chi connectivity index (χ1v) is 10.4. The lowest BCUT2D eigenvalue weighted by Crippen LogP contribution is -2.32. The first-order chi connectivity index (χ1) is 13.6. The predicted molar refractivity (Wildman–Crippen MR) is 113 cm³/mol. The summed E-state index contributed by atoms with van der Waals surface area (Å²) in [5, 5.41) is 7.03. The summed E-state index contributed by atoms with van der Waals surface area (Å²) in [5.41, 5.74) is 6.68. The van der Waals surface area contributed by atoms with Crippen LogP contribution in [0, 0.1) is 0 Å². The number of amides is 2. The number of hydrogen-bond acceptors (Lipinski definition) is 6. The smallest absolute Gasteiger partial charge is 0.251 e. The summed E-state index contributed by atoms with van der Waals surface area (Å²) in [6.07, 6.45) is 0. The summed E-state index contributed by atoms with van der Waals surface area (Å²) in [5.74, 6) is 0.0331. The molecule has 0 aliphatic heterocycles. The number of thiophene rings is 2. The molecule has 6 nitrogen and oxygen atoms in total. The summed E-state index contributed by atoms with van der Waals surface area (Å²) in [7, 11) is 1.64. The van der Waals surface area contributed by atoms with Crippen LogP contribution in [0.5, 0.6) is 5.75 Å². The van der Waals surface area contributed by atoms with Crippen LogP contribution in [0.15, 0.2) is 53.2 Å². The van der Waals surface area contributed by atoms with E-state index in [4.69, 9.17) is 10.5 Å². The molecule has 3 rings (SSSR count). The second kappa shape index (κ2) is 9.50. The average molecular weight is 416 g/mol. The van der Waals surface area contributed by atoms with Crippen LogP contribution in [-0.2, 0) is 17.9 Å². The van der Waals surface area contributed by atoms with Crippen LogP contribution >= 0.6 is 22.7 Å². The molecule has 0 saturated carbocycles. The number of nitrogens with one attached hydrogen (secondary N) is 1. The van der Waals surface area contributed by atoms with Gasteiger partial charge in [-0.3, -0.25) is 14.5 Å². The number of nitrogens with two attached hydrogens (primary N) is 1. The van der Waals surface area contributed by atoms with Crippen molar-refractivity contribution in [3.05, 3.63) is 69.2 Å². The normalized spacial score (nSPS) is 10.8. The molecule has 0 spiro atoms. The van der Waals surface area contributed by atoms with Crippen molar-refractivity contribution in [1.29, 1.82) is 0 Å². The van der Waals surface area contributed by atoms with Crippen LogP contribution < -0.4 is 15.8 Å². The molecule has 2 aromatic heterocycles. The van der Waals surface area contributed by atoms with Crippen molar-refractivity contribution in [2.75, 3.05) is 19.0 Å². The zero-order valence-electron chi connectivity index (χ0n) is 15.4. The van der Waals surface area contributed by atoms with E-state index in [0.717, 1.165) is 16.2 Å². The number of rotatable bonds is 9. The number of carbonyl (C=O) groups excluding carboxylic acids is 2. The molecule has 2 amide bonds. The third-order valence-electron chi connectivity index (χ3n) is 4.10. The number of primary amides is 1. The topological polar surface area (TPSA) is 84.7 Å². The van der Waals surface area contributed by atoms with Gasteiger partial charge < -0.3 is 15.8 Å². The van der Waals surface area contributed by atoms with Gasteiger partial charge in [-0.15, -0.1) is 22.7 Å². The van der Waals surface area contributed by atoms with Gasteiger partial charge in [0.1, 0.15) is 10.8 Å². The third-order valence-corrected chi connectivity index (χ3v) is 5.79. The van der Waals surface area contributed by atoms with Gasteiger partial charge in [0, 0.05) is 23.5 Å². The minimum atomic E-state index is -0.555. The first kappa shape index (κ1) is 20.1. The molecule has 8 heteroatoms. The first-order valence-electron chi connectivity index (χ1n) is 8.60. The van der Waals surface area contributed by atoms with Gasteiger partial charge in [0.25, 0.3) is 5.91 Å². The predicted octanol–water partition coefficient (Wildman–Crippen LogP) is 3.56. The summed E-state index contributed by atoms with van der Waals surface area (Å²) in [6.45, 7) is 1.37. The van der Waals surface area contributed by atoms with Gasteiger partial charge in [-0.25, -0.2) is 0 Å². The van der Waals surface area contributed by atoms with Gasteiger partial charge in [0.2, 0.25) is 5.91 Å². The Balaban J connectivity index is 1.74. The number of carbonyl (C=O) groups is 2. The molecule has 0 aliphatic carbocycles. The highest BCUT2D eigenvalue weighted by atomic mass is 32.1. The lowest BCUT2D eigenvalue weighted by molar-refractivity contribution is -0.117. The van der Waals surface area contributed by atoms with Crippen LogP contribution in [0.4, 0.5) is 5.00 Å². The Kier molecular flexibility index (Phi) is 6.80. The molecule has 28 heavy (non-hydrogen) atoms. The summed E-state index contributed by atoms with van der Waals surface area (Å²) in [6, 6.07) is 13.4. The van der Waals surface area contributed by atoms with E-state index in [9.17, 15) is 9.59 Å². The Labute approximate surface area is 171 Å². The van der Waals surface area contributed by atoms with Gasteiger partial charge >= 0.3 is 0 Å². The minimum absolute atomic E-state index is 0.173. The van der Waals surface area contributed by atoms with E-state index in [2.05, 4.69) is 5.32 Å². The highest BCUT2D eigenvalue weighted by Crippen LogP contribution is 2.24. The fourth-order valence-corrected chi connectivity index (χ4v) is 4.39. The zero-order valence-corrected chi connectivity index (χ0v) is 17.0. The molecule has 0 aliphatic rings. The van der Waals surface area contributed by atoms with Crippen LogP contribution in [-0.4, -0.2) is 30.4 Å². The zero-order chi connectivity index (χ0) is 19.9. The maximum absolute atomic E-state index is 12.6. The van der Waals surface area contributed by atoms with Gasteiger partial charge in [0.15, 0.2) is 0 Å². The molecular weight excluding hydrogens is 394 g/mol. The molecule has 0 bridgehead atoms. The fraction of sp³-hybridized carbons (Fsp3) is 0.200. The number of benzene rings is 1. The second-order valence-electron chi connectivity index (χ2n) is 6.11. The highest BCUT2D eigenvalue weighted by molar-refractivity contribution is 7.14. The molecule has 0 fully saturated rings. The largest absolute Gasteiger partial charge is 0.496 e. The standard InChI is InChI=1S/C20H21N3O3S2/c1-26-17-7-3-2-5-14(17)11-23(12-15-6-4-9-27-15)13-18(24)22-20-16(19(21)25)8-10-28-20/h2-10H,11-13H2,1H3,(H2,21,25)(H,22,24). The van der Waals surface area contributed by atoms with Gasteiger partial charge in [0.05, 0.1) is 19.2 Å². The summed E-state index contributed by atoms with van der Waals surface area (Å²) < 4.78 is 5.44. The van der Waals surface area contributed by atoms with Crippen LogP contribution in [0.3, 0.4) is 0 Å². The van der Waals surface area contributed by atoms with Crippen LogP contribution in [0.2, 0.25) is 0 Å². The van der Waals surface area contributed by atoms with E-state index >= 15 is 0 Å². The lowest BCUT2D eigenvalue weighted by atomic mass is 10.2. The van der Waals surface area contributed by atoms with E-state index in [1.54, 1.807) is 29.9 Å². The average Bonchev–Trinajstić information content (AvgIpc) is 3.34. The SMILES string of the molecule is COc1ccccc1CN(CC(=O)Nc1sccc1C(N)=O)Cc1cccs1. The molecule has 1 aromatic carbocycles. The molecular formula is C20H21N3O3S2. The highest BCUT2D eigenvalue weighted by Gasteiger charge is 2.17. The second-order valence-corrected chi connectivity index (χ2v) is 8.06. The van der Waals surface area contributed by atoms with E-state index < -0.39 is 5.91 Å². The number of hydrogen-bond donors (Lipinski definition) is 2. The van der Waals surface area contributed by atoms with E-state index in [-0.39, 0.29) is 12.5 Å². The van der Waals surface area contributed by atoms with Crippen molar-refractivity contribution in [1.82, 2.24) is 4.90 Å². The number of para-hydroxylation sites is 1. The minimum Gasteiger partial charge on any atom is -0.496 e. The quantitative estimate of drug-likeness (QED) is 0.560. The maximum atomic E-state index is 12.6. The Morgan fingerprint density at radius 1 is 1.07 bits per heavy atom. The van der Waals surface area contributed by atoms with E-state index in [0.29, 0.717) is 23.7 Å². The molecule has 2 heterocycles. The number of nitrogens with zero attached hydrogens (tertiary/aromatic N) is 1. The Morgan fingerprint density at radius 2 is 1.89 bits per heavy atom. The third kappa shape index (κ3) is 5.19. The van der Waals surface area contributed by atoms with Crippen molar-refractivity contribution < 1.29 is 14.3 Å². The molecule has 0 radical (unpaired) electrons. The Bertz CT molecular complexity index is 938. The van der Waals surface area contributed by atoms with E-state index in [1.165, 1.54) is 11.3 Å². The fourth-order valence-electron chi connectivity index (χ4n) is 2.83. The van der Waals surface area contributed by atoms with Gasteiger partial charge in [-0.2, -0.15) is 0 Å². The molecule has 0 saturated heterocycles. The van der Waals surface area contributed by atoms with Crippen molar-refractivity contribution in [2.24, 2.45) is 5.73 Å². The number of methoxy groups -OCH3 is 1. The van der Waals surface area contributed by atoms with Crippen LogP contribution in [0.25, 0.3) is 0 Å². The monoisotopic (exact) mass is 415 g/mol. The molecule has 3 N–H and O–H groups in total. The number of ether oxygens (including phenoxy) is 1. The maximum Gasteiger partial charge on any atom is 0.251 e. The lowest BCUT2D eigenvalue weighted by Gasteiger charge is -2.22. The van der Waals surface area contributed by atoms with E-state index in [1.807, 2.05) is 46.7 Å². The molecule has 0 unspecified atom stereocenters. The van der Waals surface area contributed by atoms with Crippen molar-refractivity contribution in [2.45, 2.75) is 13.1 Å². The summed E-state index contributed by atoms with van der Waals surface area (Å²) in [4.78, 5) is 27.3. The Morgan fingerprint density at radius 3 is 2.61 bits per heavy atom. The van der Waals surface area contributed by atoms with Crippen molar-refractivity contribution in [3.63, 3.8) is 0 Å². The van der Waals surface area contributed by atoms with Gasteiger partial charge in [-0.1, -0.05) is 24.3 Å². The molecule has 3 aromatic rings. The van der Waals surface area contributed by atoms with Crippen molar-refractivity contribution >= 4 is 39.5 Å². The molecule has 0 atom stereocenters.